The number of aromatic nitrogens is 1. The molecule has 0 amide bonds. The molecule has 0 N–H and O–H groups in total. The Labute approximate surface area is 98.0 Å². The molecule has 2 heteroatoms. The minimum Gasteiger partial charge on any atom is -0.489 e. The highest BCUT2D eigenvalue weighted by molar-refractivity contribution is 5.16. The average Bonchev–Trinajstić information content (AvgIpc) is 2.26. The largest absolute Gasteiger partial charge is 0.489 e. The molecule has 1 aliphatic rings. The Morgan fingerprint density at radius 3 is 2.88 bits per heavy atom. The fraction of sp³-hybridized carbons (Fsp3) is 0.643. The lowest BCUT2D eigenvalue weighted by molar-refractivity contribution is 0.0514. The number of rotatable bonds is 2. The van der Waals surface area contributed by atoms with E-state index in [0.29, 0.717) is 11.5 Å². The van der Waals surface area contributed by atoms with Crippen LogP contribution in [0.3, 0.4) is 0 Å². The van der Waals surface area contributed by atoms with Gasteiger partial charge in [-0.15, -0.1) is 0 Å². The van der Waals surface area contributed by atoms with Crippen LogP contribution in [-0.2, 0) is 0 Å². The van der Waals surface area contributed by atoms with E-state index in [-0.39, 0.29) is 0 Å². The molecular formula is C14H21NO. The average molecular weight is 219 g/mol. The first-order valence-corrected chi connectivity index (χ1v) is 6.14. The summed E-state index contributed by atoms with van der Waals surface area (Å²) in [6, 6.07) is 3.91. The topological polar surface area (TPSA) is 22.1 Å². The van der Waals surface area contributed by atoms with Gasteiger partial charge in [-0.3, -0.25) is 4.98 Å². The van der Waals surface area contributed by atoms with Crippen LogP contribution in [0.25, 0.3) is 0 Å². The lowest BCUT2D eigenvalue weighted by Gasteiger charge is -2.40. The van der Waals surface area contributed by atoms with Crippen LogP contribution in [0, 0.1) is 11.3 Å². The summed E-state index contributed by atoms with van der Waals surface area (Å²) in [5.74, 6) is 1.63. The van der Waals surface area contributed by atoms with Gasteiger partial charge in [-0.1, -0.05) is 20.8 Å². The van der Waals surface area contributed by atoms with Crippen molar-refractivity contribution in [3.63, 3.8) is 0 Å². The summed E-state index contributed by atoms with van der Waals surface area (Å²) in [7, 11) is 0. The van der Waals surface area contributed by atoms with Crippen molar-refractivity contribution >= 4 is 0 Å². The summed E-state index contributed by atoms with van der Waals surface area (Å²) in [6.45, 7) is 7.05. The van der Waals surface area contributed by atoms with Crippen molar-refractivity contribution in [3.8, 4) is 5.75 Å². The van der Waals surface area contributed by atoms with Crippen molar-refractivity contribution in [2.45, 2.75) is 46.1 Å². The van der Waals surface area contributed by atoms with Crippen LogP contribution in [0.5, 0.6) is 5.75 Å². The zero-order chi connectivity index (χ0) is 11.6. The van der Waals surface area contributed by atoms with E-state index >= 15 is 0 Å². The Bertz CT molecular complexity index is 334. The second-order valence-corrected chi connectivity index (χ2v) is 5.59. The summed E-state index contributed by atoms with van der Waals surface area (Å²) in [6.07, 6.45) is 7.50. The van der Waals surface area contributed by atoms with Gasteiger partial charge >= 0.3 is 0 Å². The molecule has 1 saturated carbocycles. The molecule has 2 atom stereocenters. The van der Waals surface area contributed by atoms with E-state index in [1.807, 2.05) is 12.1 Å². The summed E-state index contributed by atoms with van der Waals surface area (Å²) in [5.41, 5.74) is 0.467. The van der Waals surface area contributed by atoms with Crippen LogP contribution in [-0.4, -0.2) is 11.1 Å². The molecule has 1 fully saturated rings. The van der Waals surface area contributed by atoms with Crippen molar-refractivity contribution in [1.82, 2.24) is 4.98 Å². The minimum atomic E-state index is 0.368. The molecule has 1 aromatic heterocycles. The van der Waals surface area contributed by atoms with Crippen molar-refractivity contribution in [3.05, 3.63) is 24.5 Å². The van der Waals surface area contributed by atoms with Crippen molar-refractivity contribution < 1.29 is 4.74 Å². The summed E-state index contributed by atoms with van der Waals surface area (Å²) in [5, 5.41) is 0. The third-order valence-corrected chi connectivity index (χ3v) is 4.00. The Morgan fingerprint density at radius 2 is 2.25 bits per heavy atom. The zero-order valence-corrected chi connectivity index (χ0v) is 10.4. The van der Waals surface area contributed by atoms with Gasteiger partial charge in [0.05, 0.1) is 12.3 Å². The standard InChI is InChI=1S/C14H21NO/c1-11-9-12(6-7-14(11,2)3)16-13-5-4-8-15-10-13/h4-5,8,10-12H,6-7,9H2,1-3H3/t11-,12-/m0/s1. The van der Waals surface area contributed by atoms with Gasteiger partial charge in [0, 0.05) is 6.20 Å². The molecule has 0 saturated heterocycles. The molecule has 1 aromatic rings. The van der Waals surface area contributed by atoms with Gasteiger partial charge < -0.3 is 4.74 Å². The molecule has 1 heterocycles. The fourth-order valence-electron chi connectivity index (χ4n) is 2.33. The van der Waals surface area contributed by atoms with E-state index in [1.165, 1.54) is 6.42 Å². The minimum absolute atomic E-state index is 0.368. The molecular weight excluding hydrogens is 198 g/mol. The lowest BCUT2D eigenvalue weighted by Crippen LogP contribution is -2.35. The molecule has 0 aromatic carbocycles. The molecule has 2 rings (SSSR count). The third kappa shape index (κ3) is 2.55. The maximum atomic E-state index is 5.96. The lowest BCUT2D eigenvalue weighted by atomic mass is 9.69. The van der Waals surface area contributed by atoms with Gasteiger partial charge in [0.1, 0.15) is 5.75 Å². The smallest absolute Gasteiger partial charge is 0.137 e. The van der Waals surface area contributed by atoms with E-state index in [0.717, 1.165) is 24.5 Å². The van der Waals surface area contributed by atoms with Crippen LogP contribution in [0.2, 0.25) is 0 Å². The van der Waals surface area contributed by atoms with E-state index < -0.39 is 0 Å². The first-order valence-electron chi connectivity index (χ1n) is 6.14. The van der Waals surface area contributed by atoms with Gasteiger partial charge in [-0.2, -0.15) is 0 Å². The molecule has 0 unspecified atom stereocenters. The molecule has 2 nitrogen and oxygen atoms in total. The third-order valence-electron chi connectivity index (χ3n) is 4.00. The number of hydrogen-bond donors (Lipinski definition) is 0. The fourth-order valence-corrected chi connectivity index (χ4v) is 2.33. The number of pyridine rings is 1. The molecule has 0 aliphatic heterocycles. The first kappa shape index (κ1) is 11.4. The Morgan fingerprint density at radius 1 is 1.44 bits per heavy atom. The molecule has 1 aliphatic carbocycles. The van der Waals surface area contributed by atoms with Crippen molar-refractivity contribution in [2.24, 2.45) is 11.3 Å². The number of nitrogens with zero attached hydrogens (tertiary/aromatic N) is 1. The normalized spacial score (nSPS) is 28.7. The monoisotopic (exact) mass is 219 g/mol. The van der Waals surface area contributed by atoms with Crippen LogP contribution in [0.4, 0.5) is 0 Å². The van der Waals surface area contributed by atoms with Crippen molar-refractivity contribution in [2.75, 3.05) is 0 Å². The van der Waals surface area contributed by atoms with Gasteiger partial charge in [0.15, 0.2) is 0 Å². The van der Waals surface area contributed by atoms with Gasteiger partial charge in [-0.05, 0) is 42.7 Å². The Hall–Kier alpha value is -1.05. The quantitative estimate of drug-likeness (QED) is 0.757. The summed E-state index contributed by atoms with van der Waals surface area (Å²) in [4.78, 5) is 4.07. The van der Waals surface area contributed by atoms with Gasteiger partial charge in [0.25, 0.3) is 0 Å². The van der Waals surface area contributed by atoms with E-state index in [4.69, 9.17) is 4.74 Å². The number of hydrogen-bond acceptors (Lipinski definition) is 2. The van der Waals surface area contributed by atoms with E-state index in [1.54, 1.807) is 12.4 Å². The number of ether oxygens (including phenoxy) is 1. The molecule has 0 spiro atoms. The Kier molecular flexibility index (Phi) is 3.17. The highest BCUT2D eigenvalue weighted by Gasteiger charge is 2.34. The maximum absolute atomic E-state index is 5.96. The predicted octanol–water partition coefficient (Wildman–Crippen LogP) is 3.68. The second kappa shape index (κ2) is 4.44. The predicted molar refractivity (Wildman–Crippen MR) is 65.4 cm³/mol. The van der Waals surface area contributed by atoms with Crippen LogP contribution >= 0.6 is 0 Å². The molecule has 88 valence electrons. The molecule has 0 bridgehead atoms. The van der Waals surface area contributed by atoms with Gasteiger partial charge in [-0.25, -0.2) is 0 Å². The summed E-state index contributed by atoms with van der Waals surface area (Å²) >= 11 is 0. The van der Waals surface area contributed by atoms with Crippen LogP contribution in [0.15, 0.2) is 24.5 Å². The zero-order valence-electron chi connectivity index (χ0n) is 10.4. The van der Waals surface area contributed by atoms with Crippen LogP contribution < -0.4 is 4.74 Å². The summed E-state index contributed by atoms with van der Waals surface area (Å²) < 4.78 is 5.96. The molecule has 16 heavy (non-hydrogen) atoms. The van der Waals surface area contributed by atoms with Gasteiger partial charge in [0.2, 0.25) is 0 Å². The highest BCUT2D eigenvalue weighted by Crippen LogP contribution is 2.41. The van der Waals surface area contributed by atoms with E-state index in [2.05, 4.69) is 25.8 Å². The highest BCUT2D eigenvalue weighted by atomic mass is 16.5. The first-order chi connectivity index (χ1) is 7.58. The van der Waals surface area contributed by atoms with Crippen LogP contribution in [0.1, 0.15) is 40.0 Å². The molecule has 0 radical (unpaired) electrons. The van der Waals surface area contributed by atoms with Crippen molar-refractivity contribution in [1.29, 1.82) is 0 Å². The van der Waals surface area contributed by atoms with E-state index in [9.17, 15) is 0 Å². The second-order valence-electron chi connectivity index (χ2n) is 5.59. The Balaban J connectivity index is 1.94. The maximum Gasteiger partial charge on any atom is 0.137 e. The SMILES string of the molecule is C[C@H]1C[C@@H](Oc2cccnc2)CCC1(C)C.